The van der Waals surface area contributed by atoms with Crippen LogP contribution in [0, 0.1) is 19.7 Å². The number of pyridine rings is 1. The summed E-state index contributed by atoms with van der Waals surface area (Å²) in [6.07, 6.45) is -0.243. The smallest absolute Gasteiger partial charge is 0.305 e. The summed E-state index contributed by atoms with van der Waals surface area (Å²) in [5.74, 6) is -1.82. The van der Waals surface area contributed by atoms with Gasteiger partial charge in [0.2, 0.25) is 0 Å². The first kappa shape index (κ1) is 20.2. The lowest BCUT2D eigenvalue weighted by molar-refractivity contribution is -0.137. The molecular formula is C23H21FN2O3. The first-order valence-corrected chi connectivity index (χ1v) is 9.17. The lowest BCUT2D eigenvalue weighted by Crippen LogP contribution is -2.31. The quantitative estimate of drug-likeness (QED) is 0.650. The van der Waals surface area contributed by atoms with Crippen molar-refractivity contribution in [1.82, 2.24) is 10.3 Å². The normalized spacial score (nSPS) is 11.7. The molecule has 0 aliphatic rings. The molecule has 0 saturated heterocycles. The summed E-state index contributed by atoms with van der Waals surface area (Å²) < 4.78 is 13.4. The van der Waals surface area contributed by atoms with E-state index < -0.39 is 17.9 Å². The zero-order chi connectivity index (χ0) is 21.0. The first-order chi connectivity index (χ1) is 13.8. The van der Waals surface area contributed by atoms with Gasteiger partial charge >= 0.3 is 5.97 Å². The third kappa shape index (κ3) is 4.85. The number of aromatic nitrogens is 1. The maximum atomic E-state index is 13.4. The summed E-state index contributed by atoms with van der Waals surface area (Å²) in [5, 5.41) is 12.0. The Kier molecular flexibility index (Phi) is 6.02. The standard InChI is InChI=1S/C23H21FN2O3/c1-14-6-3-4-7-17(14)21(13-22(27)28)26-23(29)20-9-5-8-19(25-20)18-11-10-16(24)12-15(18)2/h3-12,21H,13H2,1-2H3,(H,26,29)(H,27,28). The van der Waals surface area contributed by atoms with Gasteiger partial charge in [-0.1, -0.05) is 30.3 Å². The second-order valence-corrected chi connectivity index (χ2v) is 6.85. The van der Waals surface area contributed by atoms with Crippen molar-refractivity contribution in [3.63, 3.8) is 0 Å². The maximum Gasteiger partial charge on any atom is 0.305 e. The summed E-state index contributed by atoms with van der Waals surface area (Å²) in [6.45, 7) is 3.64. The second-order valence-electron chi connectivity index (χ2n) is 6.85. The Hall–Kier alpha value is -3.54. The van der Waals surface area contributed by atoms with Gasteiger partial charge in [-0.25, -0.2) is 9.37 Å². The largest absolute Gasteiger partial charge is 0.481 e. The van der Waals surface area contributed by atoms with Crippen molar-refractivity contribution >= 4 is 11.9 Å². The molecule has 0 fully saturated rings. The number of hydrogen-bond donors (Lipinski definition) is 2. The van der Waals surface area contributed by atoms with Gasteiger partial charge in [0.25, 0.3) is 5.91 Å². The van der Waals surface area contributed by atoms with Gasteiger partial charge in [-0.3, -0.25) is 9.59 Å². The Bertz CT molecular complexity index is 1070. The Balaban J connectivity index is 1.89. The van der Waals surface area contributed by atoms with E-state index in [9.17, 15) is 19.1 Å². The van der Waals surface area contributed by atoms with Gasteiger partial charge in [-0.15, -0.1) is 0 Å². The summed E-state index contributed by atoms with van der Waals surface area (Å²) in [4.78, 5) is 28.5. The Morgan fingerprint density at radius 2 is 1.79 bits per heavy atom. The van der Waals surface area contributed by atoms with Gasteiger partial charge in [0.15, 0.2) is 0 Å². The maximum absolute atomic E-state index is 13.4. The number of carbonyl (C=O) groups excluding carboxylic acids is 1. The van der Waals surface area contributed by atoms with Crippen LogP contribution in [0.2, 0.25) is 0 Å². The molecule has 1 amide bonds. The van der Waals surface area contributed by atoms with Crippen LogP contribution < -0.4 is 5.32 Å². The van der Waals surface area contributed by atoms with Crippen LogP contribution in [0.1, 0.15) is 39.6 Å². The average Bonchev–Trinajstić information content (AvgIpc) is 2.67. The molecule has 0 saturated carbocycles. The van der Waals surface area contributed by atoms with E-state index in [-0.39, 0.29) is 17.9 Å². The predicted octanol–water partition coefficient (Wildman–Crippen LogP) is 4.45. The minimum absolute atomic E-state index is 0.162. The number of benzene rings is 2. The predicted molar refractivity (Wildman–Crippen MR) is 108 cm³/mol. The molecule has 2 N–H and O–H groups in total. The van der Waals surface area contributed by atoms with Crippen molar-refractivity contribution in [2.45, 2.75) is 26.3 Å². The number of halogens is 1. The van der Waals surface area contributed by atoms with Crippen LogP contribution in [0.5, 0.6) is 0 Å². The molecular weight excluding hydrogens is 371 g/mol. The SMILES string of the molecule is Cc1cc(F)ccc1-c1cccc(C(=O)NC(CC(=O)O)c2ccccc2C)n1. The van der Waals surface area contributed by atoms with E-state index in [1.807, 2.05) is 19.1 Å². The first-order valence-electron chi connectivity index (χ1n) is 9.17. The van der Waals surface area contributed by atoms with Crippen LogP contribution in [-0.2, 0) is 4.79 Å². The number of carbonyl (C=O) groups is 2. The van der Waals surface area contributed by atoms with Crippen molar-refractivity contribution in [2.75, 3.05) is 0 Å². The number of amides is 1. The van der Waals surface area contributed by atoms with E-state index in [0.29, 0.717) is 11.3 Å². The molecule has 3 aromatic rings. The molecule has 0 aliphatic carbocycles. The molecule has 0 radical (unpaired) electrons. The molecule has 0 bridgehead atoms. The number of rotatable bonds is 6. The Labute approximate surface area is 168 Å². The number of aryl methyl sites for hydroxylation is 2. The minimum atomic E-state index is -1.01. The Morgan fingerprint density at radius 1 is 1.03 bits per heavy atom. The van der Waals surface area contributed by atoms with Crippen LogP contribution in [-0.4, -0.2) is 22.0 Å². The number of aliphatic carboxylic acids is 1. The molecule has 2 aromatic carbocycles. The zero-order valence-corrected chi connectivity index (χ0v) is 16.1. The molecule has 0 aliphatic heterocycles. The molecule has 1 unspecified atom stereocenters. The minimum Gasteiger partial charge on any atom is -0.481 e. The molecule has 6 heteroatoms. The van der Waals surface area contributed by atoms with Gasteiger partial charge in [-0.2, -0.15) is 0 Å². The highest BCUT2D eigenvalue weighted by atomic mass is 19.1. The highest BCUT2D eigenvalue weighted by Crippen LogP contribution is 2.24. The van der Waals surface area contributed by atoms with E-state index in [1.165, 1.54) is 12.1 Å². The highest BCUT2D eigenvalue weighted by Gasteiger charge is 2.21. The molecule has 29 heavy (non-hydrogen) atoms. The summed E-state index contributed by atoms with van der Waals surface area (Å²) in [6, 6.07) is 16.0. The fourth-order valence-corrected chi connectivity index (χ4v) is 3.25. The number of hydrogen-bond acceptors (Lipinski definition) is 3. The topological polar surface area (TPSA) is 79.3 Å². The molecule has 1 heterocycles. The van der Waals surface area contributed by atoms with E-state index >= 15 is 0 Å². The fourth-order valence-electron chi connectivity index (χ4n) is 3.25. The molecule has 0 spiro atoms. The van der Waals surface area contributed by atoms with Crippen LogP contribution in [0.15, 0.2) is 60.7 Å². The van der Waals surface area contributed by atoms with Gasteiger partial charge in [0.1, 0.15) is 11.5 Å². The number of nitrogens with zero attached hydrogens (tertiary/aromatic N) is 1. The van der Waals surface area contributed by atoms with E-state index in [2.05, 4.69) is 10.3 Å². The summed E-state index contributed by atoms with van der Waals surface area (Å²) >= 11 is 0. The third-order valence-electron chi connectivity index (χ3n) is 4.69. The van der Waals surface area contributed by atoms with Gasteiger partial charge in [0.05, 0.1) is 18.2 Å². The van der Waals surface area contributed by atoms with Crippen LogP contribution in [0.4, 0.5) is 4.39 Å². The molecule has 1 atom stereocenters. The van der Waals surface area contributed by atoms with Crippen molar-refractivity contribution in [2.24, 2.45) is 0 Å². The van der Waals surface area contributed by atoms with Crippen molar-refractivity contribution in [1.29, 1.82) is 0 Å². The van der Waals surface area contributed by atoms with Crippen molar-refractivity contribution in [3.8, 4) is 11.3 Å². The van der Waals surface area contributed by atoms with Crippen LogP contribution in [0.3, 0.4) is 0 Å². The lowest BCUT2D eigenvalue weighted by Gasteiger charge is -2.19. The van der Waals surface area contributed by atoms with Gasteiger partial charge < -0.3 is 10.4 Å². The van der Waals surface area contributed by atoms with Gasteiger partial charge in [0, 0.05) is 5.56 Å². The van der Waals surface area contributed by atoms with Crippen molar-refractivity contribution < 1.29 is 19.1 Å². The summed E-state index contributed by atoms with van der Waals surface area (Å²) in [7, 11) is 0. The molecule has 148 valence electrons. The fraction of sp³-hybridized carbons (Fsp3) is 0.174. The molecule has 3 rings (SSSR count). The summed E-state index contributed by atoms with van der Waals surface area (Å²) in [5.41, 5.74) is 3.77. The van der Waals surface area contributed by atoms with Crippen LogP contribution in [0.25, 0.3) is 11.3 Å². The van der Waals surface area contributed by atoms with E-state index in [0.717, 1.165) is 16.7 Å². The van der Waals surface area contributed by atoms with Crippen molar-refractivity contribution in [3.05, 3.63) is 88.9 Å². The van der Waals surface area contributed by atoms with Gasteiger partial charge in [-0.05, 0) is 60.9 Å². The number of carboxylic acid groups (broad SMARTS) is 1. The molecule has 1 aromatic heterocycles. The highest BCUT2D eigenvalue weighted by molar-refractivity contribution is 5.93. The number of nitrogens with one attached hydrogen (secondary N) is 1. The zero-order valence-electron chi connectivity index (χ0n) is 16.1. The third-order valence-corrected chi connectivity index (χ3v) is 4.69. The average molecular weight is 392 g/mol. The number of carboxylic acids is 1. The van der Waals surface area contributed by atoms with E-state index in [4.69, 9.17) is 0 Å². The monoisotopic (exact) mass is 392 g/mol. The van der Waals surface area contributed by atoms with Crippen LogP contribution >= 0.6 is 0 Å². The van der Waals surface area contributed by atoms with E-state index in [1.54, 1.807) is 43.3 Å². The second kappa shape index (κ2) is 8.65. The lowest BCUT2D eigenvalue weighted by atomic mass is 9.98. The molecule has 5 nitrogen and oxygen atoms in total. The Morgan fingerprint density at radius 3 is 2.48 bits per heavy atom.